The molecule has 3 heterocycles. The summed E-state index contributed by atoms with van der Waals surface area (Å²) in [5, 5.41) is 15.7. The van der Waals surface area contributed by atoms with E-state index in [1.165, 1.54) is 31.4 Å². The molecule has 0 bridgehead atoms. The van der Waals surface area contributed by atoms with Gasteiger partial charge in [-0.2, -0.15) is 4.98 Å². The summed E-state index contributed by atoms with van der Waals surface area (Å²) in [6.07, 6.45) is 2.95. The molecule has 1 atom stereocenters. The molecule has 0 aliphatic carbocycles. The third kappa shape index (κ3) is 6.78. The lowest BCUT2D eigenvalue weighted by atomic mass is 9.79. The molecule has 0 saturated carbocycles. The Kier molecular flexibility index (Phi) is 8.64. The van der Waals surface area contributed by atoms with Crippen molar-refractivity contribution in [3.05, 3.63) is 64.6 Å². The number of nitrogens with one attached hydrogen (secondary N) is 5. The van der Waals surface area contributed by atoms with E-state index in [9.17, 15) is 18.8 Å². The number of anilines is 5. The molecule has 1 aromatic heterocycles. The number of carbonyl (C=O) groups is 3. The van der Waals surface area contributed by atoms with Crippen molar-refractivity contribution in [2.45, 2.75) is 44.6 Å². The summed E-state index contributed by atoms with van der Waals surface area (Å²) in [5.41, 5.74) is 1.51. The number of aromatic nitrogens is 2. The van der Waals surface area contributed by atoms with Gasteiger partial charge in [0.2, 0.25) is 11.9 Å². The molecule has 0 radical (unpaired) electrons. The van der Waals surface area contributed by atoms with Crippen LogP contribution in [0.5, 0.6) is 0 Å². The van der Waals surface area contributed by atoms with Crippen LogP contribution in [-0.2, 0) is 15.0 Å². The number of carbonyl (C=O) groups excluding carboxylic acids is 3. The molecule has 2 aliphatic rings. The number of amides is 3. The Labute approximate surface area is 252 Å². The van der Waals surface area contributed by atoms with Crippen LogP contribution in [0.15, 0.2) is 42.6 Å². The molecular weight excluding hydrogens is 579 g/mol. The first-order valence-electron chi connectivity index (χ1n) is 13.8. The van der Waals surface area contributed by atoms with Crippen molar-refractivity contribution in [3.63, 3.8) is 0 Å². The van der Waals surface area contributed by atoms with Gasteiger partial charge in [0.15, 0.2) is 5.82 Å². The predicted molar refractivity (Wildman–Crippen MR) is 160 cm³/mol. The van der Waals surface area contributed by atoms with Crippen LogP contribution in [0.3, 0.4) is 0 Å². The normalized spacial score (nSPS) is 17.7. The van der Waals surface area contributed by atoms with Gasteiger partial charge in [0.05, 0.1) is 17.4 Å². The third-order valence-electron chi connectivity index (χ3n) is 7.34. The number of hydroxylamine groups is 2. The zero-order valence-corrected chi connectivity index (χ0v) is 24.6. The second-order valence-corrected chi connectivity index (χ2v) is 11.3. The van der Waals surface area contributed by atoms with Crippen LogP contribution in [0.4, 0.5) is 38.0 Å². The highest BCUT2D eigenvalue weighted by Crippen LogP contribution is 2.38. The minimum Gasteiger partial charge on any atom is -0.355 e. The summed E-state index contributed by atoms with van der Waals surface area (Å²) in [6, 6.07) is 8.74. The number of para-hydroxylation sites is 1. The van der Waals surface area contributed by atoms with Crippen molar-refractivity contribution in [3.8, 4) is 0 Å². The lowest BCUT2D eigenvalue weighted by molar-refractivity contribution is -0.119. The van der Waals surface area contributed by atoms with E-state index in [1.807, 2.05) is 26.0 Å². The monoisotopic (exact) mass is 610 g/mol. The summed E-state index contributed by atoms with van der Waals surface area (Å²) >= 11 is 6.30. The summed E-state index contributed by atoms with van der Waals surface area (Å²) in [5.74, 6) is -1.30. The van der Waals surface area contributed by atoms with Crippen molar-refractivity contribution in [1.82, 2.24) is 25.7 Å². The fourth-order valence-corrected chi connectivity index (χ4v) is 5.31. The number of nitrogens with zero attached hydrogens (tertiary/aromatic N) is 3. The molecule has 1 fully saturated rings. The zero-order valence-electron chi connectivity index (χ0n) is 23.9. The van der Waals surface area contributed by atoms with Gasteiger partial charge in [-0.05, 0) is 54.5 Å². The first-order valence-corrected chi connectivity index (χ1v) is 14.2. The van der Waals surface area contributed by atoms with Crippen LogP contribution < -0.4 is 26.6 Å². The SMILES string of the molecule is CNC(=O)c1cccc(F)c1Nc1nc(Nc2ccc3c(c2)NC(=O)C(NC(=O)ON2CCCC2)CC3(C)C)ncc1Cl. The van der Waals surface area contributed by atoms with Gasteiger partial charge in [0.1, 0.15) is 16.9 Å². The van der Waals surface area contributed by atoms with E-state index >= 15 is 0 Å². The molecule has 2 aliphatic heterocycles. The van der Waals surface area contributed by atoms with E-state index in [-0.39, 0.29) is 33.9 Å². The largest absolute Gasteiger partial charge is 0.426 e. The highest BCUT2D eigenvalue weighted by Gasteiger charge is 2.36. The Hall–Kier alpha value is -4.49. The molecule has 1 saturated heterocycles. The van der Waals surface area contributed by atoms with Crippen LogP contribution in [0, 0.1) is 5.82 Å². The molecule has 226 valence electrons. The van der Waals surface area contributed by atoms with E-state index < -0.39 is 29.3 Å². The molecule has 2 aromatic carbocycles. The van der Waals surface area contributed by atoms with Crippen molar-refractivity contribution >= 4 is 58.3 Å². The average molecular weight is 611 g/mol. The van der Waals surface area contributed by atoms with Crippen LogP contribution in [0.25, 0.3) is 0 Å². The second kappa shape index (κ2) is 12.4. The Morgan fingerprint density at radius 2 is 1.93 bits per heavy atom. The van der Waals surface area contributed by atoms with Crippen molar-refractivity contribution in [2.75, 3.05) is 36.1 Å². The van der Waals surface area contributed by atoms with E-state index in [4.69, 9.17) is 16.4 Å². The molecular formula is C29H32ClFN8O4. The Morgan fingerprint density at radius 1 is 1.16 bits per heavy atom. The number of benzene rings is 2. The molecule has 14 heteroatoms. The van der Waals surface area contributed by atoms with Gasteiger partial charge in [0, 0.05) is 31.5 Å². The molecule has 43 heavy (non-hydrogen) atoms. The number of hydrogen-bond donors (Lipinski definition) is 5. The van der Waals surface area contributed by atoms with Gasteiger partial charge in [0.25, 0.3) is 5.91 Å². The van der Waals surface area contributed by atoms with Crippen LogP contribution in [0.1, 0.15) is 49.0 Å². The van der Waals surface area contributed by atoms with E-state index in [0.29, 0.717) is 30.9 Å². The smallest absolute Gasteiger partial charge is 0.355 e. The number of halogens is 2. The summed E-state index contributed by atoms with van der Waals surface area (Å²) in [4.78, 5) is 51.9. The Bertz CT molecular complexity index is 1560. The standard InChI is InChI=1S/C29H32ClFN8O4/c1-29(2)14-22(36-28(42)43-39-11-4-5-12-39)26(41)35-21-13-16(9-10-18(21)29)34-27-33-15-19(30)24(38-27)37-23-17(25(40)32-3)7-6-8-20(23)31/h6-10,13,15,22H,4-5,11-12,14H2,1-3H3,(H,32,40)(H,35,41)(H,36,42)(H2,33,34,37,38). The van der Waals surface area contributed by atoms with E-state index in [0.717, 1.165) is 18.4 Å². The molecule has 3 aromatic rings. The van der Waals surface area contributed by atoms with Crippen LogP contribution in [0.2, 0.25) is 5.02 Å². The first-order chi connectivity index (χ1) is 20.5. The number of rotatable bonds is 7. The maximum atomic E-state index is 14.7. The molecule has 5 rings (SSSR count). The number of fused-ring (bicyclic) bond motifs is 1. The van der Waals surface area contributed by atoms with Crippen LogP contribution >= 0.6 is 11.6 Å². The zero-order chi connectivity index (χ0) is 30.7. The third-order valence-corrected chi connectivity index (χ3v) is 7.61. The van der Waals surface area contributed by atoms with Crippen molar-refractivity contribution in [2.24, 2.45) is 0 Å². The summed E-state index contributed by atoms with van der Waals surface area (Å²) in [7, 11) is 1.45. The Balaban J connectivity index is 1.34. The quantitative estimate of drug-likeness (QED) is 0.253. The van der Waals surface area contributed by atoms with E-state index in [1.54, 1.807) is 11.1 Å². The van der Waals surface area contributed by atoms with Gasteiger partial charge in [-0.1, -0.05) is 37.6 Å². The maximum absolute atomic E-state index is 14.7. The first kappa shape index (κ1) is 30.0. The lowest BCUT2D eigenvalue weighted by Crippen LogP contribution is -2.46. The van der Waals surface area contributed by atoms with Crippen molar-refractivity contribution in [1.29, 1.82) is 0 Å². The highest BCUT2D eigenvalue weighted by atomic mass is 35.5. The van der Waals surface area contributed by atoms with Gasteiger partial charge < -0.3 is 31.4 Å². The van der Waals surface area contributed by atoms with Gasteiger partial charge in [-0.15, -0.1) is 5.06 Å². The fourth-order valence-electron chi connectivity index (χ4n) is 5.17. The second-order valence-electron chi connectivity index (χ2n) is 10.9. The summed E-state index contributed by atoms with van der Waals surface area (Å²) in [6.45, 7) is 5.34. The molecule has 12 nitrogen and oxygen atoms in total. The predicted octanol–water partition coefficient (Wildman–Crippen LogP) is 4.84. The highest BCUT2D eigenvalue weighted by molar-refractivity contribution is 6.33. The van der Waals surface area contributed by atoms with Crippen LogP contribution in [-0.4, -0.2) is 59.1 Å². The molecule has 5 N–H and O–H groups in total. The average Bonchev–Trinajstić information content (AvgIpc) is 3.44. The van der Waals surface area contributed by atoms with Gasteiger partial charge >= 0.3 is 6.09 Å². The molecule has 0 spiro atoms. The van der Waals surface area contributed by atoms with Gasteiger partial charge in [-0.3, -0.25) is 9.59 Å². The molecule has 1 unspecified atom stereocenters. The van der Waals surface area contributed by atoms with Crippen molar-refractivity contribution < 1.29 is 23.6 Å². The maximum Gasteiger partial charge on any atom is 0.426 e. The Morgan fingerprint density at radius 3 is 2.67 bits per heavy atom. The topological polar surface area (TPSA) is 150 Å². The molecule has 3 amide bonds. The minimum atomic E-state index is -0.805. The number of hydrogen-bond acceptors (Lipinski definition) is 9. The van der Waals surface area contributed by atoms with Gasteiger partial charge in [-0.25, -0.2) is 14.2 Å². The lowest BCUT2D eigenvalue weighted by Gasteiger charge is -2.27. The summed E-state index contributed by atoms with van der Waals surface area (Å²) < 4.78 is 14.7. The minimum absolute atomic E-state index is 0.0768. The van der Waals surface area contributed by atoms with E-state index in [2.05, 4.69) is 36.6 Å². The fraction of sp³-hybridized carbons (Fsp3) is 0.345.